The molecule has 5 nitrogen and oxygen atoms in total. The summed E-state index contributed by atoms with van der Waals surface area (Å²) in [6, 6.07) is 1.95. The van der Waals surface area contributed by atoms with Crippen molar-refractivity contribution in [3.63, 3.8) is 0 Å². The molecule has 0 saturated heterocycles. The summed E-state index contributed by atoms with van der Waals surface area (Å²) in [5.74, 6) is 1.77. The molecule has 0 aromatic carbocycles. The Morgan fingerprint density at radius 1 is 1.33 bits per heavy atom. The van der Waals surface area contributed by atoms with Crippen molar-refractivity contribution >= 4 is 5.82 Å². The molecule has 3 rings (SSSR count). The normalized spacial score (nSPS) is 13.7. The van der Waals surface area contributed by atoms with Crippen molar-refractivity contribution in [1.29, 1.82) is 0 Å². The Balaban J connectivity index is 2.12. The summed E-state index contributed by atoms with van der Waals surface area (Å²) in [7, 11) is 1.92. The maximum atomic E-state index is 4.69. The van der Waals surface area contributed by atoms with Crippen molar-refractivity contribution in [2.75, 3.05) is 11.9 Å². The number of anilines is 1. The minimum atomic E-state index is 0.770. The largest absolute Gasteiger partial charge is 0.370 e. The van der Waals surface area contributed by atoms with Gasteiger partial charge in [0.05, 0.1) is 0 Å². The maximum absolute atomic E-state index is 4.69. The molecule has 2 aromatic heterocycles. The first-order valence-electron chi connectivity index (χ1n) is 6.41. The molecule has 0 spiro atoms. The van der Waals surface area contributed by atoms with Crippen LogP contribution < -0.4 is 5.32 Å². The minimum absolute atomic E-state index is 0.770. The lowest BCUT2D eigenvalue weighted by atomic mass is 10.2. The molecule has 2 heterocycles. The van der Waals surface area contributed by atoms with Crippen molar-refractivity contribution < 1.29 is 0 Å². The molecule has 0 amide bonds. The Bertz CT molecular complexity index is 573. The summed E-state index contributed by atoms with van der Waals surface area (Å²) in [4.78, 5) is 9.34. The van der Waals surface area contributed by atoms with E-state index in [4.69, 9.17) is 0 Å². The van der Waals surface area contributed by atoms with Gasteiger partial charge in [-0.2, -0.15) is 5.10 Å². The van der Waals surface area contributed by atoms with Crippen molar-refractivity contribution in [1.82, 2.24) is 19.7 Å². The topological polar surface area (TPSA) is 55.6 Å². The van der Waals surface area contributed by atoms with Crippen LogP contribution in [0.3, 0.4) is 0 Å². The lowest BCUT2D eigenvalue weighted by Gasteiger charge is -2.10. The maximum Gasteiger partial charge on any atom is 0.180 e. The monoisotopic (exact) mass is 243 g/mol. The van der Waals surface area contributed by atoms with Crippen molar-refractivity contribution in [3.05, 3.63) is 23.5 Å². The highest BCUT2D eigenvalue weighted by Crippen LogP contribution is 2.28. The number of hydrogen-bond donors (Lipinski definition) is 1. The predicted octanol–water partition coefficient (Wildman–Crippen LogP) is 1.80. The van der Waals surface area contributed by atoms with Crippen LogP contribution in [-0.2, 0) is 19.9 Å². The van der Waals surface area contributed by atoms with E-state index in [9.17, 15) is 0 Å². The average molecular weight is 243 g/mol. The standard InChI is InChI=1S/C13H17N5/c1-3-14-12-9-5-4-6-10(9)16-13(17-12)11-7-8-15-18(11)2/h7-8H,3-6H2,1-2H3,(H,14,16,17). The number of aryl methyl sites for hydroxylation is 2. The number of hydrogen-bond acceptors (Lipinski definition) is 4. The van der Waals surface area contributed by atoms with E-state index >= 15 is 0 Å². The zero-order valence-corrected chi connectivity index (χ0v) is 10.8. The van der Waals surface area contributed by atoms with Crippen LogP contribution in [0.15, 0.2) is 12.3 Å². The highest BCUT2D eigenvalue weighted by Gasteiger charge is 2.20. The highest BCUT2D eigenvalue weighted by molar-refractivity contribution is 5.57. The second kappa shape index (κ2) is 4.40. The van der Waals surface area contributed by atoms with Crippen LogP contribution in [0.2, 0.25) is 0 Å². The molecule has 0 fully saturated rings. The van der Waals surface area contributed by atoms with Crippen molar-refractivity contribution in [3.8, 4) is 11.5 Å². The summed E-state index contributed by atoms with van der Waals surface area (Å²) >= 11 is 0. The molecule has 1 N–H and O–H groups in total. The number of aromatic nitrogens is 4. The molecular formula is C13H17N5. The molecule has 94 valence electrons. The third kappa shape index (κ3) is 1.75. The second-order valence-electron chi connectivity index (χ2n) is 4.55. The van der Waals surface area contributed by atoms with Gasteiger partial charge in [0, 0.05) is 31.0 Å². The van der Waals surface area contributed by atoms with E-state index < -0.39 is 0 Å². The molecule has 18 heavy (non-hydrogen) atoms. The van der Waals surface area contributed by atoms with Crippen LogP contribution in [-0.4, -0.2) is 26.3 Å². The first-order chi connectivity index (χ1) is 8.79. The number of rotatable bonds is 3. The highest BCUT2D eigenvalue weighted by atomic mass is 15.3. The molecule has 0 radical (unpaired) electrons. The fraction of sp³-hybridized carbons (Fsp3) is 0.462. The summed E-state index contributed by atoms with van der Waals surface area (Å²) in [6.07, 6.45) is 5.10. The first kappa shape index (κ1) is 11.2. The van der Waals surface area contributed by atoms with Crippen molar-refractivity contribution in [2.24, 2.45) is 7.05 Å². The Morgan fingerprint density at radius 3 is 2.94 bits per heavy atom. The summed E-state index contributed by atoms with van der Waals surface area (Å²) in [6.45, 7) is 2.97. The van der Waals surface area contributed by atoms with Gasteiger partial charge in [-0.15, -0.1) is 0 Å². The Labute approximate surface area is 106 Å². The lowest BCUT2D eigenvalue weighted by molar-refractivity contribution is 0.768. The summed E-state index contributed by atoms with van der Waals surface area (Å²) in [5.41, 5.74) is 3.45. The SMILES string of the molecule is CCNc1nc(-c2ccnn2C)nc2c1CCC2. The minimum Gasteiger partial charge on any atom is -0.370 e. The number of fused-ring (bicyclic) bond motifs is 1. The van der Waals surface area contributed by atoms with Gasteiger partial charge in [0.15, 0.2) is 5.82 Å². The number of nitrogens with one attached hydrogen (secondary N) is 1. The summed E-state index contributed by atoms with van der Waals surface area (Å²) in [5, 5.41) is 7.53. The smallest absolute Gasteiger partial charge is 0.180 e. The molecule has 0 bridgehead atoms. The van der Waals surface area contributed by atoms with E-state index in [1.807, 2.05) is 17.8 Å². The van der Waals surface area contributed by atoms with Crippen LogP contribution >= 0.6 is 0 Å². The first-order valence-corrected chi connectivity index (χ1v) is 6.41. The molecule has 1 aliphatic carbocycles. The van der Waals surface area contributed by atoms with Crippen LogP contribution in [0, 0.1) is 0 Å². The molecule has 2 aromatic rings. The Hall–Kier alpha value is -1.91. The third-order valence-electron chi connectivity index (χ3n) is 3.33. The van der Waals surface area contributed by atoms with E-state index in [1.54, 1.807) is 6.20 Å². The summed E-state index contributed by atoms with van der Waals surface area (Å²) < 4.78 is 1.81. The molecule has 0 aliphatic heterocycles. The lowest BCUT2D eigenvalue weighted by Crippen LogP contribution is -2.08. The van der Waals surface area contributed by atoms with Gasteiger partial charge in [0.25, 0.3) is 0 Å². The van der Waals surface area contributed by atoms with E-state index in [0.717, 1.165) is 36.7 Å². The Kier molecular flexibility index (Phi) is 2.74. The van der Waals surface area contributed by atoms with E-state index in [2.05, 4.69) is 27.3 Å². The van der Waals surface area contributed by atoms with Gasteiger partial charge < -0.3 is 5.32 Å². The zero-order chi connectivity index (χ0) is 12.5. The molecule has 0 saturated carbocycles. The van der Waals surface area contributed by atoms with Gasteiger partial charge in [-0.1, -0.05) is 0 Å². The quantitative estimate of drug-likeness (QED) is 0.893. The van der Waals surface area contributed by atoms with Crippen LogP contribution in [0.1, 0.15) is 24.6 Å². The Morgan fingerprint density at radius 2 is 2.22 bits per heavy atom. The van der Waals surface area contributed by atoms with E-state index in [-0.39, 0.29) is 0 Å². The molecular weight excluding hydrogens is 226 g/mol. The molecule has 5 heteroatoms. The fourth-order valence-corrected chi connectivity index (χ4v) is 2.45. The van der Waals surface area contributed by atoms with Gasteiger partial charge >= 0.3 is 0 Å². The molecule has 0 unspecified atom stereocenters. The molecule has 0 atom stereocenters. The van der Waals surface area contributed by atoms with Gasteiger partial charge in [0.2, 0.25) is 0 Å². The van der Waals surface area contributed by atoms with Gasteiger partial charge in [-0.05, 0) is 32.3 Å². The fourth-order valence-electron chi connectivity index (χ4n) is 2.45. The van der Waals surface area contributed by atoms with Gasteiger partial charge in [-0.3, -0.25) is 4.68 Å². The zero-order valence-electron chi connectivity index (χ0n) is 10.8. The van der Waals surface area contributed by atoms with E-state index in [0.29, 0.717) is 0 Å². The molecule has 1 aliphatic rings. The predicted molar refractivity (Wildman–Crippen MR) is 70.4 cm³/mol. The second-order valence-corrected chi connectivity index (χ2v) is 4.55. The average Bonchev–Trinajstić information content (AvgIpc) is 2.97. The van der Waals surface area contributed by atoms with Crippen LogP contribution in [0.5, 0.6) is 0 Å². The van der Waals surface area contributed by atoms with E-state index in [1.165, 1.54) is 17.7 Å². The van der Waals surface area contributed by atoms with Gasteiger partial charge in [-0.25, -0.2) is 9.97 Å². The number of nitrogens with zero attached hydrogens (tertiary/aromatic N) is 4. The van der Waals surface area contributed by atoms with Crippen LogP contribution in [0.4, 0.5) is 5.82 Å². The van der Waals surface area contributed by atoms with Crippen molar-refractivity contribution in [2.45, 2.75) is 26.2 Å². The van der Waals surface area contributed by atoms with Gasteiger partial charge in [0.1, 0.15) is 11.5 Å². The third-order valence-corrected chi connectivity index (χ3v) is 3.33. The van der Waals surface area contributed by atoms with Crippen LogP contribution in [0.25, 0.3) is 11.5 Å².